The number of hydrogen-bond donors (Lipinski definition) is 2. The minimum absolute atomic E-state index is 0.0107. The lowest BCUT2D eigenvalue weighted by Gasteiger charge is -2.17. The van der Waals surface area contributed by atoms with E-state index in [2.05, 4.69) is 16.9 Å². The first-order chi connectivity index (χ1) is 12.9. The first kappa shape index (κ1) is 17.7. The number of ether oxygens (including phenoxy) is 1. The molecule has 0 radical (unpaired) electrons. The number of H-pyrrole nitrogens is 1. The lowest BCUT2D eigenvalue weighted by Crippen LogP contribution is -2.18. The molecule has 3 aromatic rings. The van der Waals surface area contributed by atoms with Crippen LogP contribution in [0.15, 0.2) is 29.1 Å². The molecule has 0 amide bonds. The molecule has 0 bridgehead atoms. The van der Waals surface area contributed by atoms with Crippen molar-refractivity contribution in [3.63, 3.8) is 0 Å². The van der Waals surface area contributed by atoms with Crippen molar-refractivity contribution in [1.29, 1.82) is 0 Å². The molecule has 7 heteroatoms. The molecule has 140 valence electrons. The fraction of sp³-hybridized carbons (Fsp3) is 0.350. The Morgan fingerprint density at radius 3 is 3.04 bits per heavy atom. The van der Waals surface area contributed by atoms with Crippen molar-refractivity contribution in [3.05, 3.63) is 56.4 Å². The van der Waals surface area contributed by atoms with Crippen LogP contribution in [0.1, 0.15) is 53.0 Å². The number of phenolic OH excluding ortho intramolecular Hbond substituents is 1. The van der Waals surface area contributed by atoms with Crippen LogP contribution in [-0.4, -0.2) is 21.0 Å². The van der Waals surface area contributed by atoms with E-state index in [0.717, 1.165) is 24.8 Å². The normalized spacial score (nSPS) is 17.5. The fourth-order valence-electron chi connectivity index (χ4n) is 3.48. The van der Waals surface area contributed by atoms with Gasteiger partial charge in [-0.15, -0.1) is 11.3 Å². The standard InChI is InChI=1S/C20H20N2O4S/c1-10-6-7-14-15(8-10)27-19-16(14)18(24)21-17(22-19)11(2)26-20(25)12-4-3-5-13(23)9-12/h3-5,9-11,23H,6-8H2,1-2H3,(H,21,22,24)/t10-,11-/m1/s1. The Hall–Kier alpha value is -2.67. The van der Waals surface area contributed by atoms with Gasteiger partial charge in [-0.25, -0.2) is 9.78 Å². The van der Waals surface area contributed by atoms with Crippen LogP contribution in [0.2, 0.25) is 0 Å². The van der Waals surface area contributed by atoms with Crippen molar-refractivity contribution in [2.45, 2.75) is 39.2 Å². The molecule has 2 heterocycles. The topological polar surface area (TPSA) is 92.3 Å². The van der Waals surface area contributed by atoms with E-state index in [1.165, 1.54) is 17.0 Å². The summed E-state index contributed by atoms with van der Waals surface area (Å²) in [5.41, 5.74) is 1.19. The highest BCUT2D eigenvalue weighted by Gasteiger charge is 2.24. The third-order valence-electron chi connectivity index (χ3n) is 4.93. The van der Waals surface area contributed by atoms with Gasteiger partial charge in [-0.3, -0.25) is 4.79 Å². The Morgan fingerprint density at radius 1 is 1.44 bits per heavy atom. The van der Waals surface area contributed by atoms with Crippen LogP contribution in [0.5, 0.6) is 5.75 Å². The zero-order valence-corrected chi connectivity index (χ0v) is 15.9. The number of fused-ring (bicyclic) bond motifs is 3. The number of carbonyl (C=O) groups is 1. The SMILES string of the molecule is C[C@@H]1CCc2c(sc3nc([C@@H](C)OC(=O)c4cccc(O)c4)[nH]c(=O)c23)C1. The van der Waals surface area contributed by atoms with Crippen molar-refractivity contribution in [3.8, 4) is 5.75 Å². The average Bonchev–Trinajstić information content (AvgIpc) is 2.99. The molecular formula is C20H20N2O4S. The summed E-state index contributed by atoms with van der Waals surface area (Å²) in [6, 6.07) is 5.94. The van der Waals surface area contributed by atoms with Crippen LogP contribution in [0, 0.1) is 5.92 Å². The Balaban J connectivity index is 1.64. The number of phenols is 1. The number of nitrogens with zero attached hydrogens (tertiary/aromatic N) is 1. The molecule has 4 rings (SSSR count). The summed E-state index contributed by atoms with van der Waals surface area (Å²) in [6.07, 6.45) is 2.25. The smallest absolute Gasteiger partial charge is 0.338 e. The number of aromatic nitrogens is 2. The van der Waals surface area contributed by atoms with E-state index in [9.17, 15) is 14.7 Å². The van der Waals surface area contributed by atoms with E-state index in [4.69, 9.17) is 4.74 Å². The van der Waals surface area contributed by atoms with E-state index in [1.807, 2.05) is 0 Å². The Morgan fingerprint density at radius 2 is 2.26 bits per heavy atom. The largest absolute Gasteiger partial charge is 0.508 e. The number of benzene rings is 1. The van der Waals surface area contributed by atoms with Crippen molar-refractivity contribution < 1.29 is 14.6 Å². The van der Waals surface area contributed by atoms with Crippen molar-refractivity contribution >= 4 is 27.5 Å². The molecule has 6 nitrogen and oxygen atoms in total. The molecular weight excluding hydrogens is 364 g/mol. The average molecular weight is 384 g/mol. The quantitative estimate of drug-likeness (QED) is 0.671. The number of rotatable bonds is 3. The molecule has 0 unspecified atom stereocenters. The van der Waals surface area contributed by atoms with Crippen LogP contribution in [0.4, 0.5) is 0 Å². The van der Waals surface area contributed by atoms with Crippen molar-refractivity contribution in [2.24, 2.45) is 5.92 Å². The van der Waals surface area contributed by atoms with Crippen LogP contribution < -0.4 is 5.56 Å². The molecule has 2 aromatic heterocycles. The monoisotopic (exact) mass is 384 g/mol. The van der Waals surface area contributed by atoms with E-state index in [-0.39, 0.29) is 16.9 Å². The van der Waals surface area contributed by atoms with Gasteiger partial charge in [0.15, 0.2) is 11.9 Å². The van der Waals surface area contributed by atoms with Gasteiger partial charge < -0.3 is 14.8 Å². The molecule has 27 heavy (non-hydrogen) atoms. The van der Waals surface area contributed by atoms with Crippen LogP contribution in [0.25, 0.3) is 10.2 Å². The third-order valence-corrected chi connectivity index (χ3v) is 6.08. The number of esters is 1. The van der Waals surface area contributed by atoms with Gasteiger partial charge in [0.25, 0.3) is 5.56 Å². The molecule has 1 aromatic carbocycles. The summed E-state index contributed by atoms with van der Waals surface area (Å²) in [4.78, 5) is 34.2. The van der Waals surface area contributed by atoms with Gasteiger partial charge in [0, 0.05) is 4.88 Å². The lowest BCUT2D eigenvalue weighted by atomic mass is 9.89. The van der Waals surface area contributed by atoms with Crippen LogP contribution >= 0.6 is 11.3 Å². The van der Waals surface area contributed by atoms with Crippen LogP contribution in [-0.2, 0) is 17.6 Å². The number of aromatic amines is 1. The maximum absolute atomic E-state index is 12.7. The number of nitrogens with one attached hydrogen (secondary N) is 1. The van der Waals surface area contributed by atoms with Gasteiger partial charge in [0.05, 0.1) is 10.9 Å². The minimum Gasteiger partial charge on any atom is -0.508 e. The fourth-order valence-corrected chi connectivity index (χ4v) is 4.87. The van der Waals surface area contributed by atoms with E-state index in [1.54, 1.807) is 30.4 Å². The Bertz CT molecular complexity index is 1090. The number of thiophene rings is 1. The predicted octanol–water partition coefficient (Wildman–Crippen LogP) is 3.73. The Kier molecular flexibility index (Phi) is 4.47. The zero-order chi connectivity index (χ0) is 19.1. The van der Waals surface area contributed by atoms with E-state index >= 15 is 0 Å². The van der Waals surface area contributed by atoms with Crippen molar-refractivity contribution in [1.82, 2.24) is 9.97 Å². The van der Waals surface area contributed by atoms with Gasteiger partial charge in [-0.1, -0.05) is 13.0 Å². The maximum atomic E-state index is 12.7. The molecule has 2 N–H and O–H groups in total. The number of hydrogen-bond acceptors (Lipinski definition) is 6. The Labute approximate surface area is 159 Å². The minimum atomic E-state index is -0.713. The number of aromatic hydroxyl groups is 1. The van der Waals surface area contributed by atoms with Crippen molar-refractivity contribution in [2.75, 3.05) is 0 Å². The second-order valence-corrected chi connectivity index (χ2v) is 8.16. The van der Waals surface area contributed by atoms with Gasteiger partial charge in [0.1, 0.15) is 10.6 Å². The third kappa shape index (κ3) is 3.35. The summed E-state index contributed by atoms with van der Waals surface area (Å²) in [5.74, 6) is 0.350. The van der Waals surface area contributed by atoms with Gasteiger partial charge in [0.2, 0.25) is 0 Å². The summed E-state index contributed by atoms with van der Waals surface area (Å²) >= 11 is 1.56. The van der Waals surface area contributed by atoms with Gasteiger partial charge in [-0.2, -0.15) is 0 Å². The first-order valence-corrected chi connectivity index (χ1v) is 9.78. The predicted molar refractivity (Wildman–Crippen MR) is 103 cm³/mol. The number of carbonyl (C=O) groups excluding carboxylic acids is 1. The maximum Gasteiger partial charge on any atom is 0.338 e. The van der Waals surface area contributed by atoms with E-state index < -0.39 is 12.1 Å². The molecule has 0 fully saturated rings. The summed E-state index contributed by atoms with van der Waals surface area (Å²) in [5, 5.41) is 10.2. The highest BCUT2D eigenvalue weighted by atomic mass is 32.1. The van der Waals surface area contributed by atoms with E-state index in [0.29, 0.717) is 22.0 Å². The first-order valence-electron chi connectivity index (χ1n) is 8.97. The second-order valence-electron chi connectivity index (χ2n) is 7.08. The molecule has 0 saturated carbocycles. The van der Waals surface area contributed by atoms with Gasteiger partial charge >= 0.3 is 5.97 Å². The highest BCUT2D eigenvalue weighted by molar-refractivity contribution is 7.18. The molecule has 0 saturated heterocycles. The number of aryl methyl sites for hydroxylation is 1. The highest BCUT2D eigenvalue weighted by Crippen LogP contribution is 2.36. The second kappa shape index (κ2) is 6.81. The van der Waals surface area contributed by atoms with Gasteiger partial charge in [-0.05, 0) is 55.9 Å². The molecule has 1 aliphatic carbocycles. The molecule has 1 aliphatic rings. The molecule has 0 aliphatic heterocycles. The van der Waals surface area contributed by atoms with Crippen LogP contribution in [0.3, 0.4) is 0 Å². The molecule has 2 atom stereocenters. The molecule has 0 spiro atoms. The summed E-state index contributed by atoms with van der Waals surface area (Å²) in [6.45, 7) is 3.89. The lowest BCUT2D eigenvalue weighted by molar-refractivity contribution is 0.0319. The summed E-state index contributed by atoms with van der Waals surface area (Å²) < 4.78 is 5.42. The summed E-state index contributed by atoms with van der Waals surface area (Å²) in [7, 11) is 0. The zero-order valence-electron chi connectivity index (χ0n) is 15.1.